The third kappa shape index (κ3) is 7.06. The van der Waals surface area contributed by atoms with Crippen molar-refractivity contribution in [1.82, 2.24) is 15.0 Å². The predicted molar refractivity (Wildman–Crippen MR) is 87.6 cm³/mol. The molecule has 0 aliphatic heterocycles. The second-order valence-electron chi connectivity index (χ2n) is 5.02. The first kappa shape index (κ1) is 19.5. The molecule has 0 aliphatic carbocycles. The largest absolute Gasteiger partial charge is 0.473 e. The van der Waals surface area contributed by atoms with Gasteiger partial charge in [0.25, 0.3) is 0 Å². The number of sulfonamides is 1. The zero-order valence-corrected chi connectivity index (χ0v) is 14.3. The Morgan fingerprint density at radius 1 is 1.39 bits per heavy atom. The van der Waals surface area contributed by atoms with Gasteiger partial charge in [-0.2, -0.15) is 0 Å². The number of rotatable bonds is 11. The third-order valence-corrected chi connectivity index (χ3v) is 4.50. The highest BCUT2D eigenvalue weighted by Crippen LogP contribution is 2.13. The molecule has 23 heavy (non-hydrogen) atoms. The van der Waals surface area contributed by atoms with Crippen LogP contribution in [0.15, 0.2) is 35.1 Å². The number of halogens is 1. The standard InChI is InChI=1S/C15H24FN3O3S/c1-3-4-5-8-19-23(20,21)14-6-7-15(18-11-14)22-12-13(9-16)10-17-2/h6-7,9,11,17,19H,3-5,8,10,12H2,1-2H3/b13-9+. The topological polar surface area (TPSA) is 80.3 Å². The fraction of sp³-hybridized carbons (Fsp3) is 0.533. The summed E-state index contributed by atoms with van der Waals surface area (Å²) in [5.41, 5.74) is 0.434. The van der Waals surface area contributed by atoms with Gasteiger partial charge in [0.2, 0.25) is 15.9 Å². The molecule has 1 rings (SSSR count). The quantitative estimate of drug-likeness (QED) is 0.600. The van der Waals surface area contributed by atoms with Gasteiger partial charge in [-0.3, -0.25) is 0 Å². The van der Waals surface area contributed by atoms with E-state index < -0.39 is 10.0 Å². The number of nitrogens with zero attached hydrogens (tertiary/aromatic N) is 1. The summed E-state index contributed by atoms with van der Waals surface area (Å²) in [6.45, 7) is 2.87. The van der Waals surface area contributed by atoms with Gasteiger partial charge in [0, 0.05) is 24.7 Å². The van der Waals surface area contributed by atoms with E-state index >= 15 is 0 Å². The van der Waals surface area contributed by atoms with Crippen LogP contribution in [0.1, 0.15) is 26.2 Å². The fourth-order valence-electron chi connectivity index (χ4n) is 1.79. The zero-order chi connectivity index (χ0) is 17.1. The maximum atomic E-state index is 12.6. The van der Waals surface area contributed by atoms with Crippen LogP contribution in [0.4, 0.5) is 4.39 Å². The molecule has 1 aromatic rings. The summed E-state index contributed by atoms with van der Waals surface area (Å²) in [4.78, 5) is 4.03. The first-order valence-corrected chi connectivity index (χ1v) is 9.03. The molecule has 0 radical (unpaired) electrons. The van der Waals surface area contributed by atoms with Gasteiger partial charge in [-0.15, -0.1) is 0 Å². The van der Waals surface area contributed by atoms with Crippen LogP contribution in [0.5, 0.6) is 5.88 Å². The second-order valence-corrected chi connectivity index (χ2v) is 6.79. The Morgan fingerprint density at radius 2 is 2.17 bits per heavy atom. The number of likely N-dealkylation sites (N-methyl/N-ethyl adjacent to an activating group) is 1. The third-order valence-electron chi connectivity index (χ3n) is 3.06. The molecule has 0 spiro atoms. The van der Waals surface area contributed by atoms with E-state index in [0.717, 1.165) is 19.3 Å². The van der Waals surface area contributed by atoms with E-state index in [-0.39, 0.29) is 17.4 Å². The Kier molecular flexibility index (Phi) is 8.75. The maximum Gasteiger partial charge on any atom is 0.242 e. The molecular weight excluding hydrogens is 321 g/mol. The molecule has 130 valence electrons. The predicted octanol–water partition coefficient (Wildman–Crippen LogP) is 2.00. The Bertz CT molecular complexity index is 588. The Hall–Kier alpha value is -1.51. The van der Waals surface area contributed by atoms with Crippen molar-refractivity contribution >= 4 is 10.0 Å². The van der Waals surface area contributed by atoms with Crippen molar-refractivity contribution in [2.75, 3.05) is 26.7 Å². The van der Waals surface area contributed by atoms with Gasteiger partial charge in [-0.1, -0.05) is 19.8 Å². The summed E-state index contributed by atoms with van der Waals surface area (Å²) in [6.07, 6.45) is 4.51. The number of hydrogen-bond donors (Lipinski definition) is 2. The van der Waals surface area contributed by atoms with Crippen molar-refractivity contribution in [1.29, 1.82) is 0 Å². The molecule has 8 heteroatoms. The highest BCUT2D eigenvalue weighted by atomic mass is 32.2. The van der Waals surface area contributed by atoms with Crippen molar-refractivity contribution in [2.24, 2.45) is 0 Å². The van der Waals surface area contributed by atoms with E-state index in [1.54, 1.807) is 7.05 Å². The zero-order valence-electron chi connectivity index (χ0n) is 13.5. The highest BCUT2D eigenvalue weighted by Gasteiger charge is 2.14. The van der Waals surface area contributed by atoms with Crippen LogP contribution in [0.25, 0.3) is 0 Å². The number of hydrogen-bond acceptors (Lipinski definition) is 5. The molecule has 0 bridgehead atoms. The second kappa shape index (κ2) is 10.3. The number of pyridine rings is 1. The molecule has 0 aromatic carbocycles. The van der Waals surface area contributed by atoms with Gasteiger partial charge >= 0.3 is 0 Å². The van der Waals surface area contributed by atoms with Crippen LogP contribution < -0.4 is 14.8 Å². The number of unbranched alkanes of at least 4 members (excludes halogenated alkanes) is 2. The van der Waals surface area contributed by atoms with Crippen LogP contribution in [-0.2, 0) is 10.0 Å². The van der Waals surface area contributed by atoms with E-state index in [2.05, 4.69) is 21.9 Å². The fourth-order valence-corrected chi connectivity index (χ4v) is 2.81. The summed E-state index contributed by atoms with van der Waals surface area (Å²) in [5.74, 6) is 0.241. The van der Waals surface area contributed by atoms with Crippen molar-refractivity contribution in [3.63, 3.8) is 0 Å². The monoisotopic (exact) mass is 345 g/mol. The summed E-state index contributed by atoms with van der Waals surface area (Å²) in [7, 11) is -1.85. The Morgan fingerprint density at radius 3 is 2.74 bits per heavy atom. The van der Waals surface area contributed by atoms with E-state index in [1.165, 1.54) is 18.3 Å². The van der Waals surface area contributed by atoms with E-state index in [9.17, 15) is 12.8 Å². The molecule has 0 aliphatic rings. The maximum absolute atomic E-state index is 12.6. The molecular formula is C15H24FN3O3S. The minimum atomic E-state index is -3.55. The van der Waals surface area contributed by atoms with Crippen molar-refractivity contribution in [3.05, 3.63) is 30.2 Å². The van der Waals surface area contributed by atoms with Crippen molar-refractivity contribution in [2.45, 2.75) is 31.1 Å². The van der Waals surface area contributed by atoms with Crippen LogP contribution in [0.3, 0.4) is 0 Å². The van der Waals surface area contributed by atoms with Crippen LogP contribution in [0.2, 0.25) is 0 Å². The van der Waals surface area contributed by atoms with E-state index in [1.807, 2.05) is 0 Å². The Labute approximate surface area is 137 Å². The highest BCUT2D eigenvalue weighted by molar-refractivity contribution is 7.89. The SMILES string of the molecule is CCCCCNS(=O)(=O)c1ccc(OC/C(=C/F)CNC)nc1. The molecule has 0 saturated carbocycles. The van der Waals surface area contributed by atoms with Crippen LogP contribution >= 0.6 is 0 Å². The van der Waals surface area contributed by atoms with Gasteiger partial charge < -0.3 is 10.1 Å². The minimum Gasteiger partial charge on any atom is -0.473 e. The lowest BCUT2D eigenvalue weighted by Gasteiger charge is -2.09. The lowest BCUT2D eigenvalue weighted by Crippen LogP contribution is -2.24. The first-order chi connectivity index (χ1) is 11.0. The first-order valence-electron chi connectivity index (χ1n) is 7.54. The lowest BCUT2D eigenvalue weighted by atomic mass is 10.3. The molecule has 1 aromatic heterocycles. The molecule has 0 atom stereocenters. The molecule has 1 heterocycles. The van der Waals surface area contributed by atoms with Crippen LogP contribution in [0, 0.1) is 0 Å². The summed E-state index contributed by atoms with van der Waals surface area (Å²) in [6, 6.07) is 2.87. The average Bonchev–Trinajstić information content (AvgIpc) is 2.56. The van der Waals surface area contributed by atoms with Crippen LogP contribution in [-0.4, -0.2) is 40.1 Å². The Balaban J connectivity index is 2.58. The lowest BCUT2D eigenvalue weighted by molar-refractivity contribution is 0.332. The smallest absolute Gasteiger partial charge is 0.242 e. The van der Waals surface area contributed by atoms with E-state index in [4.69, 9.17) is 4.74 Å². The van der Waals surface area contributed by atoms with Gasteiger partial charge in [0.1, 0.15) is 11.5 Å². The van der Waals surface area contributed by atoms with Crippen molar-refractivity contribution in [3.8, 4) is 5.88 Å². The molecule has 0 saturated heterocycles. The van der Waals surface area contributed by atoms with Crippen molar-refractivity contribution < 1.29 is 17.5 Å². The molecule has 0 unspecified atom stereocenters. The number of ether oxygens (including phenoxy) is 1. The summed E-state index contributed by atoms with van der Waals surface area (Å²) < 4.78 is 44.5. The molecule has 0 fully saturated rings. The number of nitrogens with one attached hydrogen (secondary N) is 2. The summed E-state index contributed by atoms with van der Waals surface area (Å²) in [5, 5.41) is 2.82. The minimum absolute atomic E-state index is 0.0473. The molecule has 6 nitrogen and oxygen atoms in total. The molecule has 0 amide bonds. The van der Waals surface area contributed by atoms with Gasteiger partial charge in [-0.25, -0.2) is 22.5 Å². The van der Waals surface area contributed by atoms with Gasteiger partial charge in [0.15, 0.2) is 0 Å². The summed E-state index contributed by atoms with van der Waals surface area (Å²) >= 11 is 0. The van der Waals surface area contributed by atoms with Gasteiger partial charge in [-0.05, 0) is 19.5 Å². The number of aromatic nitrogens is 1. The normalized spacial score (nSPS) is 12.4. The van der Waals surface area contributed by atoms with E-state index in [0.29, 0.717) is 25.0 Å². The molecule has 2 N–H and O–H groups in total. The average molecular weight is 345 g/mol. The van der Waals surface area contributed by atoms with Gasteiger partial charge in [0.05, 0.1) is 12.5 Å².